The molecule has 3 aromatic rings. The minimum atomic E-state index is -0.311. The van der Waals surface area contributed by atoms with Gasteiger partial charge in [0.25, 0.3) is 0 Å². The van der Waals surface area contributed by atoms with E-state index in [0.29, 0.717) is 44.9 Å². The van der Waals surface area contributed by atoms with Crippen LogP contribution in [0.1, 0.15) is 26.3 Å². The van der Waals surface area contributed by atoms with Crippen molar-refractivity contribution in [3.05, 3.63) is 34.0 Å². The first-order valence-electron chi connectivity index (χ1n) is 8.74. The van der Waals surface area contributed by atoms with Gasteiger partial charge >= 0.3 is 0 Å². The number of methoxy groups -OCH3 is 3. The minimum absolute atomic E-state index is 0.116. The Morgan fingerprint density at radius 1 is 0.963 bits per heavy atom. The van der Waals surface area contributed by atoms with Gasteiger partial charge in [-0.1, -0.05) is 13.8 Å². The summed E-state index contributed by atoms with van der Waals surface area (Å²) < 4.78 is 28.6. The highest BCUT2D eigenvalue weighted by atomic mass is 16.5. The van der Waals surface area contributed by atoms with Crippen molar-refractivity contribution < 1.29 is 23.4 Å². The van der Waals surface area contributed by atoms with Crippen LogP contribution in [0, 0.1) is 0 Å². The van der Waals surface area contributed by atoms with Crippen molar-refractivity contribution in [3.8, 4) is 23.0 Å². The third kappa shape index (κ3) is 2.22. The number of hydrogen-bond acceptors (Lipinski definition) is 6. The van der Waals surface area contributed by atoms with E-state index in [4.69, 9.17) is 23.4 Å². The Morgan fingerprint density at radius 3 is 2.30 bits per heavy atom. The van der Waals surface area contributed by atoms with Gasteiger partial charge in [0.05, 0.1) is 21.3 Å². The Kier molecular flexibility index (Phi) is 3.77. The third-order valence-electron chi connectivity index (χ3n) is 5.57. The summed E-state index contributed by atoms with van der Waals surface area (Å²) in [5, 5.41) is 0.722. The van der Waals surface area contributed by atoms with E-state index in [1.54, 1.807) is 25.3 Å². The second-order valence-electron chi connectivity index (χ2n) is 7.24. The van der Waals surface area contributed by atoms with Crippen LogP contribution < -0.4 is 24.4 Å². The summed E-state index contributed by atoms with van der Waals surface area (Å²) in [4.78, 5) is 13.5. The smallest absolute Gasteiger partial charge is 0.208 e. The molecule has 1 aliphatic rings. The topological polar surface area (TPSA) is 67.1 Å². The van der Waals surface area contributed by atoms with E-state index in [1.807, 2.05) is 6.92 Å². The Labute approximate surface area is 156 Å². The fourth-order valence-electron chi connectivity index (χ4n) is 3.78. The second kappa shape index (κ2) is 5.81. The zero-order chi connectivity index (χ0) is 19.5. The highest BCUT2D eigenvalue weighted by Crippen LogP contribution is 2.51. The molecule has 0 fully saturated rings. The van der Waals surface area contributed by atoms with E-state index < -0.39 is 0 Å². The summed E-state index contributed by atoms with van der Waals surface area (Å²) in [6.45, 7) is 6.13. The molecule has 0 amide bonds. The quantitative estimate of drug-likeness (QED) is 0.649. The van der Waals surface area contributed by atoms with Crippen molar-refractivity contribution in [3.63, 3.8) is 0 Å². The van der Waals surface area contributed by atoms with Crippen LogP contribution in [0.15, 0.2) is 27.4 Å². The summed E-state index contributed by atoms with van der Waals surface area (Å²) in [5.74, 6) is 1.98. The van der Waals surface area contributed by atoms with Crippen LogP contribution in [0.25, 0.3) is 21.9 Å². The van der Waals surface area contributed by atoms with Crippen LogP contribution in [0.3, 0.4) is 0 Å². The van der Waals surface area contributed by atoms with Crippen LogP contribution in [-0.4, -0.2) is 27.4 Å². The van der Waals surface area contributed by atoms with Crippen LogP contribution in [0.4, 0.5) is 0 Å². The van der Waals surface area contributed by atoms with Crippen molar-refractivity contribution >= 4 is 21.9 Å². The number of benzene rings is 2. The summed E-state index contributed by atoms with van der Waals surface area (Å²) in [5.41, 5.74) is 1.18. The molecular formula is C21H22O6. The van der Waals surface area contributed by atoms with Crippen molar-refractivity contribution in [1.29, 1.82) is 0 Å². The lowest BCUT2D eigenvalue weighted by molar-refractivity contribution is 0.186. The van der Waals surface area contributed by atoms with E-state index in [2.05, 4.69) is 13.8 Å². The molecule has 0 saturated heterocycles. The van der Waals surface area contributed by atoms with Crippen molar-refractivity contribution in [2.24, 2.45) is 0 Å². The Balaban J connectivity index is 2.22. The van der Waals surface area contributed by atoms with E-state index in [0.717, 1.165) is 5.56 Å². The first-order valence-corrected chi connectivity index (χ1v) is 8.74. The number of hydrogen-bond donors (Lipinski definition) is 0. The third-order valence-corrected chi connectivity index (χ3v) is 5.57. The highest BCUT2D eigenvalue weighted by Gasteiger charge is 2.43. The van der Waals surface area contributed by atoms with Gasteiger partial charge in [-0.05, 0) is 19.1 Å². The molecule has 6 heteroatoms. The Bertz CT molecular complexity index is 1130. The molecule has 2 heterocycles. The summed E-state index contributed by atoms with van der Waals surface area (Å²) in [6.07, 6.45) is -0.116. The summed E-state index contributed by atoms with van der Waals surface area (Å²) in [7, 11) is 4.64. The minimum Gasteiger partial charge on any atom is -0.496 e. The molecule has 1 aliphatic heterocycles. The second-order valence-corrected chi connectivity index (χ2v) is 7.24. The standard InChI is InChI=1S/C21H22O6/c1-10-21(2,3)17-14(24-5)9-13-16(20(17)26-10)18(22)15-11(27-13)7-8-12(23-4)19(15)25-6/h7-10H,1-6H3/t10-/m1/s1. The maximum absolute atomic E-state index is 13.5. The lowest BCUT2D eigenvalue weighted by Gasteiger charge is -2.23. The van der Waals surface area contributed by atoms with Gasteiger partial charge in [-0.15, -0.1) is 0 Å². The fraction of sp³-hybridized carbons (Fsp3) is 0.381. The number of rotatable bonds is 3. The van der Waals surface area contributed by atoms with Gasteiger partial charge in [-0.3, -0.25) is 4.79 Å². The highest BCUT2D eigenvalue weighted by molar-refractivity contribution is 5.99. The maximum Gasteiger partial charge on any atom is 0.208 e. The van der Waals surface area contributed by atoms with Crippen LogP contribution in [0.5, 0.6) is 23.0 Å². The SMILES string of the molecule is COc1cc2oc3ccc(OC)c(OC)c3c(=O)c2c2c1C(C)(C)[C@@H](C)O2. The zero-order valence-electron chi connectivity index (χ0n) is 16.3. The zero-order valence-corrected chi connectivity index (χ0v) is 16.3. The van der Waals surface area contributed by atoms with Gasteiger partial charge in [-0.2, -0.15) is 0 Å². The van der Waals surface area contributed by atoms with E-state index in [-0.39, 0.29) is 16.9 Å². The largest absolute Gasteiger partial charge is 0.496 e. The molecule has 0 saturated carbocycles. The Morgan fingerprint density at radius 2 is 1.67 bits per heavy atom. The molecule has 142 valence electrons. The number of ether oxygens (including phenoxy) is 4. The van der Waals surface area contributed by atoms with Crippen molar-refractivity contribution in [2.75, 3.05) is 21.3 Å². The van der Waals surface area contributed by atoms with Gasteiger partial charge in [0, 0.05) is 17.0 Å². The molecule has 4 rings (SSSR count). The molecule has 0 radical (unpaired) electrons. The van der Waals surface area contributed by atoms with Crippen LogP contribution in [0.2, 0.25) is 0 Å². The molecule has 0 spiro atoms. The predicted octanol–water partition coefficient (Wildman–Crippen LogP) is 4.03. The lowest BCUT2D eigenvalue weighted by Crippen LogP contribution is -2.29. The molecule has 2 aromatic carbocycles. The average molecular weight is 370 g/mol. The van der Waals surface area contributed by atoms with Gasteiger partial charge < -0.3 is 23.4 Å². The van der Waals surface area contributed by atoms with Gasteiger partial charge in [0.15, 0.2) is 11.5 Å². The molecule has 27 heavy (non-hydrogen) atoms. The van der Waals surface area contributed by atoms with Gasteiger partial charge in [-0.25, -0.2) is 0 Å². The van der Waals surface area contributed by atoms with Crippen LogP contribution in [-0.2, 0) is 5.41 Å². The Hall–Kier alpha value is -2.89. The molecule has 1 aromatic heterocycles. The van der Waals surface area contributed by atoms with Gasteiger partial charge in [0.1, 0.15) is 39.5 Å². The first kappa shape index (κ1) is 17.5. The molecule has 1 atom stereocenters. The van der Waals surface area contributed by atoms with Crippen LogP contribution >= 0.6 is 0 Å². The lowest BCUT2D eigenvalue weighted by atomic mass is 9.80. The summed E-state index contributed by atoms with van der Waals surface area (Å²) >= 11 is 0. The maximum atomic E-state index is 13.5. The molecular weight excluding hydrogens is 348 g/mol. The number of fused-ring (bicyclic) bond motifs is 4. The fourth-order valence-corrected chi connectivity index (χ4v) is 3.78. The molecule has 0 bridgehead atoms. The van der Waals surface area contributed by atoms with Gasteiger partial charge in [0.2, 0.25) is 5.43 Å². The average Bonchev–Trinajstić information content (AvgIpc) is 2.89. The van der Waals surface area contributed by atoms with E-state index >= 15 is 0 Å². The van der Waals surface area contributed by atoms with E-state index in [9.17, 15) is 4.79 Å². The molecule has 6 nitrogen and oxygen atoms in total. The first-order chi connectivity index (χ1) is 12.8. The monoisotopic (exact) mass is 370 g/mol. The molecule has 0 N–H and O–H groups in total. The molecule has 0 aliphatic carbocycles. The predicted molar refractivity (Wildman–Crippen MR) is 103 cm³/mol. The van der Waals surface area contributed by atoms with Crippen molar-refractivity contribution in [2.45, 2.75) is 32.3 Å². The summed E-state index contributed by atoms with van der Waals surface area (Å²) in [6, 6.07) is 5.17. The normalized spacial score (nSPS) is 17.6. The molecule has 0 unspecified atom stereocenters. The van der Waals surface area contributed by atoms with Crippen molar-refractivity contribution in [1.82, 2.24) is 0 Å². The van der Waals surface area contributed by atoms with E-state index in [1.165, 1.54) is 14.2 Å².